The summed E-state index contributed by atoms with van der Waals surface area (Å²) in [4.78, 5) is 32.6. The van der Waals surface area contributed by atoms with E-state index in [2.05, 4.69) is 9.88 Å². The van der Waals surface area contributed by atoms with Crippen molar-refractivity contribution in [3.8, 4) is 11.5 Å². The summed E-state index contributed by atoms with van der Waals surface area (Å²) in [5.74, 6) is -1.04. The molecule has 1 aromatic carbocycles. The Morgan fingerprint density at radius 2 is 1.82 bits per heavy atom. The van der Waals surface area contributed by atoms with E-state index in [1.165, 1.54) is 33.7 Å². The third-order valence-electron chi connectivity index (χ3n) is 6.45. The van der Waals surface area contributed by atoms with Crippen molar-refractivity contribution in [2.75, 3.05) is 31.1 Å². The summed E-state index contributed by atoms with van der Waals surface area (Å²) < 4.78 is 21.0. The number of rotatable bonds is 4. The SMILES string of the molecule is O=C1OC2(CCN(CCn3c(=O)ccc4ncc(F)cc43)CC2)CN1c1ccc(O)c(O)c1. The van der Waals surface area contributed by atoms with Crippen molar-refractivity contribution in [1.29, 1.82) is 0 Å². The summed E-state index contributed by atoms with van der Waals surface area (Å²) in [6.07, 6.45) is 1.90. The molecule has 172 valence electrons. The van der Waals surface area contributed by atoms with E-state index >= 15 is 0 Å². The molecule has 4 heterocycles. The largest absolute Gasteiger partial charge is 0.504 e. The smallest absolute Gasteiger partial charge is 0.415 e. The number of phenols is 2. The fourth-order valence-corrected chi connectivity index (χ4v) is 4.56. The summed E-state index contributed by atoms with van der Waals surface area (Å²) in [5.41, 5.74) is 0.664. The number of hydrogen-bond acceptors (Lipinski definition) is 7. The highest BCUT2D eigenvalue weighted by Crippen LogP contribution is 2.38. The minimum absolute atomic E-state index is 0.208. The highest BCUT2D eigenvalue weighted by atomic mass is 19.1. The lowest BCUT2D eigenvalue weighted by Gasteiger charge is -2.37. The Labute approximate surface area is 188 Å². The molecule has 1 spiro atoms. The van der Waals surface area contributed by atoms with Gasteiger partial charge in [0.15, 0.2) is 11.5 Å². The van der Waals surface area contributed by atoms with Gasteiger partial charge in [0.25, 0.3) is 5.56 Å². The van der Waals surface area contributed by atoms with Crippen molar-refractivity contribution in [2.24, 2.45) is 0 Å². The van der Waals surface area contributed by atoms with Crippen LogP contribution >= 0.6 is 0 Å². The molecule has 2 saturated heterocycles. The average molecular weight is 454 g/mol. The van der Waals surface area contributed by atoms with E-state index in [1.54, 1.807) is 12.1 Å². The molecule has 0 saturated carbocycles. The second kappa shape index (κ2) is 8.04. The predicted molar refractivity (Wildman–Crippen MR) is 118 cm³/mol. The molecule has 9 nitrogen and oxygen atoms in total. The number of benzene rings is 1. The van der Waals surface area contributed by atoms with Gasteiger partial charge in [-0.25, -0.2) is 9.18 Å². The van der Waals surface area contributed by atoms with Crippen LogP contribution in [0.2, 0.25) is 0 Å². The second-order valence-corrected chi connectivity index (χ2v) is 8.53. The summed E-state index contributed by atoms with van der Waals surface area (Å²) in [6.45, 7) is 2.70. The van der Waals surface area contributed by atoms with Gasteiger partial charge in [0.2, 0.25) is 0 Å². The van der Waals surface area contributed by atoms with Gasteiger partial charge in [0, 0.05) is 57.2 Å². The zero-order valence-electron chi connectivity index (χ0n) is 17.8. The second-order valence-electron chi connectivity index (χ2n) is 8.53. The minimum atomic E-state index is -0.621. The van der Waals surface area contributed by atoms with Crippen molar-refractivity contribution in [1.82, 2.24) is 14.5 Å². The third-order valence-corrected chi connectivity index (χ3v) is 6.45. The van der Waals surface area contributed by atoms with E-state index in [1.807, 2.05) is 0 Å². The molecule has 0 aliphatic carbocycles. The molecule has 0 radical (unpaired) electrons. The highest BCUT2D eigenvalue weighted by molar-refractivity contribution is 5.90. The Hall–Kier alpha value is -3.66. The topological polar surface area (TPSA) is 108 Å². The quantitative estimate of drug-likeness (QED) is 0.583. The fraction of sp³-hybridized carbons (Fsp3) is 0.348. The summed E-state index contributed by atoms with van der Waals surface area (Å²) in [6, 6.07) is 8.58. The molecule has 0 bridgehead atoms. The van der Waals surface area contributed by atoms with Gasteiger partial charge in [-0.3, -0.25) is 14.7 Å². The number of aromatic hydroxyl groups is 2. The van der Waals surface area contributed by atoms with Gasteiger partial charge in [0.1, 0.15) is 11.4 Å². The van der Waals surface area contributed by atoms with E-state index in [4.69, 9.17) is 4.74 Å². The molecule has 5 rings (SSSR count). The maximum absolute atomic E-state index is 13.7. The number of likely N-dealkylation sites (tertiary alicyclic amines) is 1. The zero-order chi connectivity index (χ0) is 23.2. The number of carbonyl (C=O) groups is 1. The van der Waals surface area contributed by atoms with Gasteiger partial charge < -0.3 is 24.4 Å². The molecule has 2 aliphatic heterocycles. The molecule has 2 N–H and O–H groups in total. The molecule has 33 heavy (non-hydrogen) atoms. The van der Waals surface area contributed by atoms with Crippen LogP contribution in [0.5, 0.6) is 11.5 Å². The number of halogens is 1. The first-order valence-corrected chi connectivity index (χ1v) is 10.7. The van der Waals surface area contributed by atoms with Gasteiger partial charge in [-0.15, -0.1) is 0 Å². The standard InChI is InChI=1S/C23H23FN4O5/c24-15-11-18-17(25-13-15)2-4-21(31)27(18)10-9-26-7-5-23(6-8-26)14-28(22(32)33-23)16-1-3-19(29)20(30)12-16/h1-4,11-13,29-30H,5-10,14H2. The van der Waals surface area contributed by atoms with Gasteiger partial charge >= 0.3 is 6.09 Å². The number of hydrogen-bond donors (Lipinski definition) is 2. The number of amides is 1. The van der Waals surface area contributed by atoms with Crippen LogP contribution < -0.4 is 10.5 Å². The van der Waals surface area contributed by atoms with Gasteiger partial charge in [-0.1, -0.05) is 0 Å². The molecule has 0 unspecified atom stereocenters. The molecule has 10 heteroatoms. The van der Waals surface area contributed by atoms with E-state index in [9.17, 15) is 24.2 Å². The first-order chi connectivity index (χ1) is 15.8. The van der Waals surface area contributed by atoms with E-state index in [-0.39, 0.29) is 17.1 Å². The van der Waals surface area contributed by atoms with E-state index < -0.39 is 17.5 Å². The lowest BCUT2D eigenvalue weighted by Crippen LogP contribution is -2.47. The van der Waals surface area contributed by atoms with Crippen molar-refractivity contribution in [2.45, 2.75) is 25.0 Å². The number of fused-ring (bicyclic) bond motifs is 1. The van der Waals surface area contributed by atoms with Crippen LogP contribution in [0.25, 0.3) is 11.0 Å². The maximum atomic E-state index is 13.7. The minimum Gasteiger partial charge on any atom is -0.504 e. The Balaban J connectivity index is 1.24. The number of carbonyl (C=O) groups excluding carboxylic acids is 1. The molecule has 3 aromatic rings. The fourth-order valence-electron chi connectivity index (χ4n) is 4.56. The lowest BCUT2D eigenvalue weighted by atomic mass is 9.91. The summed E-state index contributed by atoms with van der Waals surface area (Å²) >= 11 is 0. The van der Waals surface area contributed by atoms with Gasteiger partial charge in [0.05, 0.1) is 29.5 Å². The van der Waals surface area contributed by atoms with Crippen LogP contribution in [0.15, 0.2) is 47.4 Å². The van der Waals surface area contributed by atoms with Gasteiger partial charge in [-0.05, 0) is 18.2 Å². The predicted octanol–water partition coefficient (Wildman–Crippen LogP) is 2.44. The third kappa shape index (κ3) is 3.97. The van der Waals surface area contributed by atoms with Crippen molar-refractivity contribution < 1.29 is 24.1 Å². The number of ether oxygens (including phenoxy) is 1. The molecule has 2 fully saturated rings. The molecule has 2 aliphatic rings. The van der Waals surface area contributed by atoms with E-state index in [0.29, 0.717) is 62.3 Å². The molecule has 2 aromatic heterocycles. The number of piperidine rings is 1. The number of pyridine rings is 2. The molecule has 1 amide bonds. The van der Waals surface area contributed by atoms with Crippen LogP contribution in [0.3, 0.4) is 0 Å². The lowest BCUT2D eigenvalue weighted by molar-refractivity contribution is 0.000338. The summed E-state index contributed by atoms with van der Waals surface area (Å²) in [5, 5.41) is 19.3. The Morgan fingerprint density at radius 3 is 2.58 bits per heavy atom. The highest BCUT2D eigenvalue weighted by Gasteiger charge is 2.47. The Kier molecular flexibility index (Phi) is 5.16. The van der Waals surface area contributed by atoms with Crippen molar-refractivity contribution in [3.05, 3.63) is 58.8 Å². The zero-order valence-corrected chi connectivity index (χ0v) is 17.8. The van der Waals surface area contributed by atoms with Crippen LogP contribution in [0, 0.1) is 5.82 Å². The average Bonchev–Trinajstić information content (AvgIpc) is 3.12. The van der Waals surface area contributed by atoms with Gasteiger partial charge in [-0.2, -0.15) is 0 Å². The number of anilines is 1. The first-order valence-electron chi connectivity index (χ1n) is 10.7. The van der Waals surface area contributed by atoms with Crippen LogP contribution in [0.1, 0.15) is 12.8 Å². The van der Waals surface area contributed by atoms with Crippen LogP contribution in [0.4, 0.5) is 14.9 Å². The maximum Gasteiger partial charge on any atom is 0.415 e. The molecular weight excluding hydrogens is 431 g/mol. The van der Waals surface area contributed by atoms with Crippen molar-refractivity contribution >= 4 is 22.8 Å². The van der Waals surface area contributed by atoms with E-state index in [0.717, 1.165) is 6.20 Å². The van der Waals surface area contributed by atoms with Crippen LogP contribution in [-0.4, -0.2) is 62.5 Å². The summed E-state index contributed by atoms with van der Waals surface area (Å²) in [7, 11) is 0. The molecule has 0 atom stereocenters. The van der Waals surface area contributed by atoms with Crippen molar-refractivity contribution in [3.63, 3.8) is 0 Å². The number of aromatic nitrogens is 2. The number of phenolic OH excluding ortho intramolecular Hbond substituents is 2. The Morgan fingerprint density at radius 1 is 1.03 bits per heavy atom. The first kappa shape index (κ1) is 21.2. The van der Waals surface area contributed by atoms with Crippen LogP contribution in [-0.2, 0) is 11.3 Å². The molecular formula is C23H23FN4O5. The Bertz CT molecular complexity index is 1290. The number of nitrogens with zero attached hydrogens (tertiary/aromatic N) is 4. The normalized spacial score (nSPS) is 18.2. The monoisotopic (exact) mass is 454 g/mol.